The van der Waals surface area contributed by atoms with E-state index in [1.54, 1.807) is 44.4 Å². The van der Waals surface area contributed by atoms with E-state index in [2.05, 4.69) is 5.32 Å². The lowest BCUT2D eigenvalue weighted by molar-refractivity contribution is -0.122. The predicted octanol–water partition coefficient (Wildman–Crippen LogP) is 3.39. The van der Waals surface area contributed by atoms with Gasteiger partial charge < -0.3 is 14.8 Å². The summed E-state index contributed by atoms with van der Waals surface area (Å²) >= 11 is 6.00. The van der Waals surface area contributed by atoms with Crippen molar-refractivity contribution >= 4 is 33.2 Å². The number of rotatable bonds is 8. The van der Waals surface area contributed by atoms with Gasteiger partial charge in [0.15, 0.2) is 11.5 Å². The minimum Gasteiger partial charge on any atom is -0.493 e. The van der Waals surface area contributed by atoms with E-state index in [0.29, 0.717) is 22.2 Å². The van der Waals surface area contributed by atoms with Gasteiger partial charge in [0.25, 0.3) is 0 Å². The molecule has 0 bridgehead atoms. The number of sulfonamides is 1. The number of hydrogen-bond acceptors (Lipinski definition) is 5. The highest BCUT2D eigenvalue weighted by Gasteiger charge is 2.30. The van der Waals surface area contributed by atoms with Crippen molar-refractivity contribution in [2.75, 3.05) is 24.8 Å². The van der Waals surface area contributed by atoms with Gasteiger partial charge in [-0.05, 0) is 49.7 Å². The lowest BCUT2D eigenvalue weighted by Gasteiger charge is -2.29. The first kappa shape index (κ1) is 22.8. The van der Waals surface area contributed by atoms with Crippen molar-refractivity contribution < 1.29 is 22.7 Å². The first-order chi connectivity index (χ1) is 13.6. The molecule has 0 unspecified atom stereocenters. The summed E-state index contributed by atoms with van der Waals surface area (Å²) in [6.07, 6.45) is 1.05. The van der Waals surface area contributed by atoms with Crippen LogP contribution in [0.2, 0.25) is 5.02 Å². The van der Waals surface area contributed by atoms with Gasteiger partial charge in [0.2, 0.25) is 15.9 Å². The van der Waals surface area contributed by atoms with E-state index < -0.39 is 22.0 Å². The first-order valence-electron chi connectivity index (χ1n) is 8.85. The minimum absolute atomic E-state index is 0.321. The van der Waals surface area contributed by atoms with E-state index in [-0.39, 0.29) is 6.04 Å². The molecule has 2 aromatic rings. The van der Waals surface area contributed by atoms with E-state index in [1.807, 2.05) is 6.07 Å². The molecular formula is C20H25ClN2O5S. The molecule has 0 aromatic heterocycles. The maximum atomic E-state index is 12.8. The van der Waals surface area contributed by atoms with Crippen molar-refractivity contribution in [3.8, 4) is 11.5 Å². The Morgan fingerprint density at radius 3 is 2.28 bits per heavy atom. The molecule has 29 heavy (non-hydrogen) atoms. The van der Waals surface area contributed by atoms with Crippen LogP contribution in [-0.4, -0.2) is 40.8 Å². The highest BCUT2D eigenvalue weighted by atomic mass is 35.5. The Morgan fingerprint density at radius 1 is 1.07 bits per heavy atom. The van der Waals surface area contributed by atoms with Gasteiger partial charge in [0.1, 0.15) is 6.04 Å². The van der Waals surface area contributed by atoms with E-state index >= 15 is 0 Å². The third-order valence-corrected chi connectivity index (χ3v) is 5.89. The van der Waals surface area contributed by atoms with Crippen LogP contribution in [0.5, 0.6) is 11.5 Å². The van der Waals surface area contributed by atoms with Gasteiger partial charge in [-0.2, -0.15) is 0 Å². The first-order valence-corrected chi connectivity index (χ1v) is 11.1. The van der Waals surface area contributed by atoms with E-state index in [4.69, 9.17) is 21.1 Å². The number of nitrogens with zero attached hydrogens (tertiary/aromatic N) is 1. The standard InChI is InChI=1S/C20H25ClN2O5S/c1-13(15-9-10-18(27-3)19(11-15)28-4)22-20(24)14(2)23(29(5,25)26)17-8-6-7-16(21)12-17/h6-14H,1-5H3,(H,22,24)/t13-,14+/m1/s1. The van der Waals surface area contributed by atoms with E-state index in [1.165, 1.54) is 20.1 Å². The second-order valence-electron chi connectivity index (χ2n) is 6.56. The Labute approximate surface area is 176 Å². The van der Waals surface area contributed by atoms with Crippen molar-refractivity contribution in [3.63, 3.8) is 0 Å². The molecule has 0 fully saturated rings. The number of anilines is 1. The fourth-order valence-electron chi connectivity index (χ4n) is 2.96. The summed E-state index contributed by atoms with van der Waals surface area (Å²) in [7, 11) is -0.650. The molecule has 0 heterocycles. The molecule has 2 rings (SSSR count). The van der Waals surface area contributed by atoms with Gasteiger partial charge in [-0.1, -0.05) is 23.7 Å². The van der Waals surface area contributed by atoms with Crippen molar-refractivity contribution in [1.29, 1.82) is 0 Å². The Hall–Kier alpha value is -2.45. The number of hydrogen-bond donors (Lipinski definition) is 1. The Balaban J connectivity index is 2.25. The third kappa shape index (κ3) is 5.55. The fourth-order valence-corrected chi connectivity index (χ4v) is 4.31. The molecule has 0 spiro atoms. The molecule has 0 aliphatic heterocycles. The molecule has 7 nitrogen and oxygen atoms in total. The largest absolute Gasteiger partial charge is 0.493 e. The summed E-state index contributed by atoms with van der Waals surface area (Å²) in [4.78, 5) is 12.8. The monoisotopic (exact) mass is 440 g/mol. The quantitative estimate of drug-likeness (QED) is 0.680. The van der Waals surface area contributed by atoms with Crippen LogP contribution in [0.15, 0.2) is 42.5 Å². The Morgan fingerprint density at radius 2 is 1.72 bits per heavy atom. The second kappa shape index (κ2) is 9.37. The van der Waals surface area contributed by atoms with Crippen LogP contribution in [0, 0.1) is 0 Å². The molecule has 2 aromatic carbocycles. The topological polar surface area (TPSA) is 84.9 Å². The summed E-state index contributed by atoms with van der Waals surface area (Å²) in [6, 6.07) is 10.3. The van der Waals surface area contributed by atoms with Crippen LogP contribution in [0.25, 0.3) is 0 Å². The number of benzene rings is 2. The van der Waals surface area contributed by atoms with Crippen LogP contribution >= 0.6 is 11.6 Å². The summed E-state index contributed by atoms with van der Waals surface area (Å²) in [6.45, 7) is 3.33. The van der Waals surface area contributed by atoms with Crippen LogP contribution in [0.1, 0.15) is 25.5 Å². The van der Waals surface area contributed by atoms with Crippen LogP contribution in [-0.2, 0) is 14.8 Å². The zero-order chi connectivity index (χ0) is 21.8. The number of halogens is 1. The van der Waals surface area contributed by atoms with Gasteiger partial charge in [0.05, 0.1) is 32.2 Å². The summed E-state index contributed by atoms with van der Waals surface area (Å²) < 4.78 is 36.3. The molecule has 0 aliphatic carbocycles. The number of ether oxygens (including phenoxy) is 2. The van der Waals surface area contributed by atoms with E-state index in [0.717, 1.165) is 16.1 Å². The molecule has 1 amide bonds. The van der Waals surface area contributed by atoms with Gasteiger partial charge in [-0.3, -0.25) is 9.10 Å². The summed E-state index contributed by atoms with van der Waals surface area (Å²) in [5.41, 5.74) is 1.11. The van der Waals surface area contributed by atoms with E-state index in [9.17, 15) is 13.2 Å². The minimum atomic E-state index is -3.72. The van der Waals surface area contributed by atoms with Crippen molar-refractivity contribution in [1.82, 2.24) is 5.32 Å². The summed E-state index contributed by atoms with van der Waals surface area (Å²) in [5.74, 6) is 0.667. The predicted molar refractivity (Wildman–Crippen MR) is 114 cm³/mol. The van der Waals surface area contributed by atoms with Gasteiger partial charge in [0, 0.05) is 5.02 Å². The average Bonchev–Trinajstić information content (AvgIpc) is 2.66. The van der Waals surface area contributed by atoms with Gasteiger partial charge in [-0.25, -0.2) is 8.42 Å². The van der Waals surface area contributed by atoms with Crippen LogP contribution in [0.4, 0.5) is 5.69 Å². The zero-order valence-electron chi connectivity index (χ0n) is 17.0. The molecule has 9 heteroatoms. The number of nitrogens with one attached hydrogen (secondary N) is 1. The van der Waals surface area contributed by atoms with Crippen molar-refractivity contribution in [2.45, 2.75) is 25.9 Å². The Bertz CT molecular complexity index is 981. The maximum absolute atomic E-state index is 12.8. The maximum Gasteiger partial charge on any atom is 0.244 e. The normalized spacial score (nSPS) is 13.3. The molecule has 0 saturated carbocycles. The average molecular weight is 441 g/mol. The highest BCUT2D eigenvalue weighted by molar-refractivity contribution is 7.92. The van der Waals surface area contributed by atoms with Gasteiger partial charge >= 0.3 is 0 Å². The molecule has 0 aliphatic rings. The molecular weight excluding hydrogens is 416 g/mol. The number of amides is 1. The lowest BCUT2D eigenvalue weighted by Crippen LogP contribution is -2.48. The second-order valence-corrected chi connectivity index (χ2v) is 8.86. The molecule has 0 saturated heterocycles. The summed E-state index contributed by atoms with van der Waals surface area (Å²) in [5, 5.41) is 3.22. The molecule has 2 atom stereocenters. The number of carbonyl (C=O) groups is 1. The molecule has 158 valence electrons. The smallest absolute Gasteiger partial charge is 0.244 e. The van der Waals surface area contributed by atoms with Crippen LogP contribution in [0.3, 0.4) is 0 Å². The number of carbonyl (C=O) groups excluding carboxylic acids is 1. The number of methoxy groups -OCH3 is 2. The van der Waals surface area contributed by atoms with Crippen LogP contribution < -0.4 is 19.1 Å². The fraction of sp³-hybridized carbons (Fsp3) is 0.350. The zero-order valence-corrected chi connectivity index (χ0v) is 18.5. The highest BCUT2D eigenvalue weighted by Crippen LogP contribution is 2.30. The molecule has 0 radical (unpaired) electrons. The lowest BCUT2D eigenvalue weighted by atomic mass is 10.1. The van der Waals surface area contributed by atoms with Crippen molar-refractivity contribution in [2.24, 2.45) is 0 Å². The van der Waals surface area contributed by atoms with Crippen molar-refractivity contribution in [3.05, 3.63) is 53.1 Å². The Kier molecular flexibility index (Phi) is 7.37. The third-order valence-electron chi connectivity index (χ3n) is 4.42. The SMILES string of the molecule is COc1ccc([C@@H](C)NC(=O)[C@H](C)N(c2cccc(Cl)c2)S(C)(=O)=O)cc1OC. The van der Waals surface area contributed by atoms with Gasteiger partial charge in [-0.15, -0.1) is 0 Å². The molecule has 1 N–H and O–H groups in total.